The summed E-state index contributed by atoms with van der Waals surface area (Å²) in [7, 11) is 0.971. The summed E-state index contributed by atoms with van der Waals surface area (Å²) in [6.07, 6.45) is -2.63. The van der Waals surface area contributed by atoms with Crippen molar-refractivity contribution in [2.45, 2.75) is 45.2 Å². The standard InChI is InChI=1S/C21H22BF3OS/c1-4-22-13-20(2,3)26-15-9-10-16(17(12-15)21(23,24)25)19-11-14-7-5-6-8-18(14)27-19/h5-12,22H,4,13H2,1-3H3. The summed E-state index contributed by atoms with van der Waals surface area (Å²) in [5, 5.41) is 0.951. The largest absolute Gasteiger partial charge is 0.489 e. The molecule has 2 aromatic carbocycles. The molecule has 0 amide bonds. The molecule has 1 heterocycles. The van der Waals surface area contributed by atoms with Gasteiger partial charge >= 0.3 is 6.18 Å². The molecule has 3 rings (SSSR count). The Morgan fingerprint density at radius 2 is 1.78 bits per heavy atom. The van der Waals surface area contributed by atoms with Gasteiger partial charge in [-0.1, -0.05) is 31.4 Å². The van der Waals surface area contributed by atoms with E-state index in [1.807, 2.05) is 44.2 Å². The van der Waals surface area contributed by atoms with Crippen LogP contribution in [0.4, 0.5) is 13.2 Å². The van der Waals surface area contributed by atoms with Gasteiger partial charge in [-0.15, -0.1) is 11.3 Å². The molecule has 3 aromatic rings. The molecule has 142 valence electrons. The van der Waals surface area contributed by atoms with Crippen molar-refractivity contribution in [3.63, 3.8) is 0 Å². The number of halogens is 3. The molecule has 0 unspecified atom stereocenters. The van der Waals surface area contributed by atoms with E-state index in [1.54, 1.807) is 6.07 Å². The number of hydrogen-bond donors (Lipinski definition) is 0. The van der Waals surface area contributed by atoms with Gasteiger partial charge in [0.25, 0.3) is 0 Å². The summed E-state index contributed by atoms with van der Waals surface area (Å²) in [6, 6.07) is 13.7. The molecule has 1 nitrogen and oxygen atoms in total. The van der Waals surface area contributed by atoms with E-state index in [2.05, 4.69) is 6.92 Å². The molecule has 0 saturated heterocycles. The van der Waals surface area contributed by atoms with E-state index in [-0.39, 0.29) is 11.3 Å². The van der Waals surface area contributed by atoms with Gasteiger partial charge in [-0.2, -0.15) is 13.2 Å². The minimum absolute atomic E-state index is 0.197. The predicted octanol–water partition coefficient (Wildman–Crippen LogP) is 7.04. The summed E-state index contributed by atoms with van der Waals surface area (Å²) < 4.78 is 48.1. The molecule has 0 aliphatic heterocycles. The fraction of sp³-hybridized carbons (Fsp3) is 0.333. The molecular weight excluding hydrogens is 368 g/mol. The van der Waals surface area contributed by atoms with Crippen molar-refractivity contribution in [2.75, 3.05) is 0 Å². The van der Waals surface area contributed by atoms with Crippen molar-refractivity contribution in [1.29, 1.82) is 0 Å². The van der Waals surface area contributed by atoms with Gasteiger partial charge in [0.05, 0.1) is 11.2 Å². The summed E-state index contributed by atoms with van der Waals surface area (Å²) in [4.78, 5) is 0.611. The Balaban J connectivity index is 2.00. The lowest BCUT2D eigenvalue weighted by molar-refractivity contribution is -0.137. The number of hydrogen-bond acceptors (Lipinski definition) is 2. The lowest BCUT2D eigenvalue weighted by Gasteiger charge is -2.27. The maximum Gasteiger partial charge on any atom is 0.417 e. The molecule has 0 N–H and O–H groups in total. The van der Waals surface area contributed by atoms with Crippen LogP contribution >= 0.6 is 11.3 Å². The maximum absolute atomic E-state index is 13.8. The Kier molecular flexibility index (Phi) is 5.56. The lowest BCUT2D eigenvalue weighted by Crippen LogP contribution is -2.29. The summed E-state index contributed by atoms with van der Waals surface area (Å²) >= 11 is 1.37. The molecule has 6 heteroatoms. The molecule has 27 heavy (non-hydrogen) atoms. The normalized spacial score (nSPS) is 12.4. The molecule has 0 atom stereocenters. The Bertz CT molecular complexity index is 898. The summed E-state index contributed by atoms with van der Waals surface area (Å²) in [5.41, 5.74) is -0.960. The second-order valence-corrected chi connectivity index (χ2v) is 8.40. The molecule has 0 aliphatic rings. The third-order valence-corrected chi connectivity index (χ3v) is 5.66. The third kappa shape index (κ3) is 4.67. The van der Waals surface area contributed by atoms with Gasteiger partial charge in [0.15, 0.2) is 0 Å². The van der Waals surface area contributed by atoms with Crippen molar-refractivity contribution in [3.05, 3.63) is 54.1 Å². The summed E-state index contributed by atoms with van der Waals surface area (Å²) in [6.45, 7) is 5.91. The van der Waals surface area contributed by atoms with Crippen LogP contribution in [0.1, 0.15) is 26.3 Å². The number of fused-ring (bicyclic) bond motifs is 1. The van der Waals surface area contributed by atoms with Crippen molar-refractivity contribution in [1.82, 2.24) is 0 Å². The second-order valence-electron chi connectivity index (χ2n) is 7.32. The van der Waals surface area contributed by atoms with Crippen LogP contribution in [-0.2, 0) is 6.18 Å². The first-order valence-electron chi connectivity index (χ1n) is 9.09. The Morgan fingerprint density at radius 1 is 1.04 bits per heavy atom. The van der Waals surface area contributed by atoms with Crippen LogP contribution in [0.15, 0.2) is 48.5 Å². The second kappa shape index (κ2) is 7.59. The van der Waals surface area contributed by atoms with Crippen molar-refractivity contribution in [3.8, 4) is 16.2 Å². The van der Waals surface area contributed by atoms with Crippen molar-refractivity contribution < 1.29 is 17.9 Å². The van der Waals surface area contributed by atoms with Crippen molar-refractivity contribution in [2.24, 2.45) is 0 Å². The van der Waals surface area contributed by atoms with E-state index in [9.17, 15) is 13.2 Å². The lowest BCUT2D eigenvalue weighted by atomic mass is 9.66. The van der Waals surface area contributed by atoms with Crippen LogP contribution in [0.3, 0.4) is 0 Å². The number of benzene rings is 2. The topological polar surface area (TPSA) is 9.23 Å². The van der Waals surface area contributed by atoms with Gasteiger partial charge in [0, 0.05) is 15.1 Å². The smallest absolute Gasteiger partial charge is 0.417 e. The van der Waals surface area contributed by atoms with Crippen LogP contribution in [0, 0.1) is 0 Å². The van der Waals surface area contributed by atoms with E-state index in [1.165, 1.54) is 17.4 Å². The summed E-state index contributed by atoms with van der Waals surface area (Å²) in [5.74, 6) is 0.258. The Hall–Kier alpha value is -1.95. The fourth-order valence-electron chi connectivity index (χ4n) is 3.12. The number of rotatable bonds is 6. The van der Waals surface area contributed by atoms with Crippen LogP contribution in [0.25, 0.3) is 20.5 Å². The first-order valence-corrected chi connectivity index (χ1v) is 9.90. The predicted molar refractivity (Wildman–Crippen MR) is 109 cm³/mol. The minimum Gasteiger partial charge on any atom is -0.489 e. The highest BCUT2D eigenvalue weighted by molar-refractivity contribution is 7.22. The molecule has 0 radical (unpaired) electrons. The Labute approximate surface area is 162 Å². The van der Waals surface area contributed by atoms with E-state index in [4.69, 9.17) is 4.74 Å². The SMILES string of the molecule is CCBCC(C)(C)Oc1ccc(-c2cc3ccccc3s2)c(C(F)(F)F)c1. The van der Waals surface area contributed by atoms with Crippen molar-refractivity contribution >= 4 is 28.7 Å². The van der Waals surface area contributed by atoms with Gasteiger partial charge in [-0.3, -0.25) is 0 Å². The van der Waals surface area contributed by atoms with E-state index in [0.717, 1.165) is 36.1 Å². The molecule has 0 spiro atoms. The number of alkyl halides is 3. The average molecular weight is 390 g/mol. The monoisotopic (exact) mass is 390 g/mol. The zero-order chi connectivity index (χ0) is 19.7. The van der Waals surface area contributed by atoms with Gasteiger partial charge in [0.1, 0.15) is 13.0 Å². The highest BCUT2D eigenvalue weighted by Gasteiger charge is 2.35. The van der Waals surface area contributed by atoms with E-state index < -0.39 is 17.3 Å². The zero-order valence-electron chi connectivity index (χ0n) is 15.7. The van der Waals surface area contributed by atoms with Gasteiger partial charge in [0.2, 0.25) is 0 Å². The number of ether oxygens (including phenoxy) is 1. The highest BCUT2D eigenvalue weighted by atomic mass is 32.1. The van der Waals surface area contributed by atoms with E-state index >= 15 is 0 Å². The molecule has 0 bridgehead atoms. The van der Waals surface area contributed by atoms with Crippen LogP contribution in [0.2, 0.25) is 12.6 Å². The van der Waals surface area contributed by atoms with Gasteiger partial charge < -0.3 is 4.74 Å². The maximum atomic E-state index is 13.8. The molecule has 1 aromatic heterocycles. The molecular formula is C21H22BF3OS. The fourth-order valence-corrected chi connectivity index (χ4v) is 4.23. The number of thiophene rings is 1. The van der Waals surface area contributed by atoms with Crippen LogP contribution in [0.5, 0.6) is 5.75 Å². The third-order valence-electron chi connectivity index (χ3n) is 4.51. The van der Waals surface area contributed by atoms with E-state index in [0.29, 0.717) is 4.88 Å². The quantitative estimate of drug-likeness (QED) is 0.410. The minimum atomic E-state index is -4.45. The first-order chi connectivity index (χ1) is 12.7. The Morgan fingerprint density at radius 3 is 2.44 bits per heavy atom. The van der Waals surface area contributed by atoms with Crippen LogP contribution in [-0.4, -0.2) is 12.9 Å². The highest BCUT2D eigenvalue weighted by Crippen LogP contribution is 2.43. The molecule has 0 fully saturated rings. The average Bonchev–Trinajstić information content (AvgIpc) is 3.03. The molecule has 0 saturated carbocycles. The van der Waals surface area contributed by atoms with Gasteiger partial charge in [-0.25, -0.2) is 0 Å². The first kappa shape index (κ1) is 19.8. The van der Waals surface area contributed by atoms with Gasteiger partial charge in [-0.05, 0) is 55.9 Å². The van der Waals surface area contributed by atoms with Crippen LogP contribution < -0.4 is 4.74 Å². The zero-order valence-corrected chi connectivity index (χ0v) is 16.5. The molecule has 0 aliphatic carbocycles.